The summed E-state index contributed by atoms with van der Waals surface area (Å²) in [5.41, 5.74) is 2.27. The molecule has 1 heterocycles. The van der Waals surface area contributed by atoms with Crippen LogP contribution in [-0.4, -0.2) is 23.0 Å². The minimum atomic E-state index is -0.397. The number of carbonyl (C=O) groups is 2. The van der Waals surface area contributed by atoms with Crippen LogP contribution in [-0.2, 0) is 17.9 Å². The van der Waals surface area contributed by atoms with Gasteiger partial charge in [0.15, 0.2) is 0 Å². The Morgan fingerprint density at radius 3 is 2.56 bits per heavy atom. The van der Waals surface area contributed by atoms with E-state index in [0.717, 1.165) is 20.8 Å². The van der Waals surface area contributed by atoms with Crippen molar-refractivity contribution in [2.45, 2.75) is 33.0 Å². The zero-order valence-electron chi connectivity index (χ0n) is 15.2. The van der Waals surface area contributed by atoms with Gasteiger partial charge in [-0.3, -0.25) is 0 Å². The first-order valence-electron chi connectivity index (χ1n) is 8.66. The number of nitrogens with zero attached hydrogens (tertiary/aromatic N) is 1. The van der Waals surface area contributed by atoms with Crippen molar-refractivity contribution >= 4 is 33.6 Å². The molecule has 3 aromatic rings. The molecule has 7 heteroatoms. The van der Waals surface area contributed by atoms with Gasteiger partial charge in [0.05, 0.1) is 15.8 Å². The molecule has 2 amide bonds. The second kappa shape index (κ2) is 8.64. The van der Waals surface area contributed by atoms with Crippen molar-refractivity contribution in [3.05, 3.63) is 64.7 Å². The first kappa shape index (κ1) is 18.8. The van der Waals surface area contributed by atoms with Crippen LogP contribution < -0.4 is 10.6 Å². The van der Waals surface area contributed by atoms with E-state index in [1.807, 2.05) is 38.1 Å². The van der Waals surface area contributed by atoms with E-state index in [1.165, 1.54) is 11.3 Å². The van der Waals surface area contributed by atoms with Crippen LogP contribution in [0.15, 0.2) is 48.5 Å². The number of nitrogens with one attached hydrogen (secondary N) is 2. The van der Waals surface area contributed by atoms with Gasteiger partial charge in [0.25, 0.3) is 0 Å². The zero-order valence-corrected chi connectivity index (χ0v) is 16.0. The number of benzene rings is 2. The molecule has 0 aliphatic rings. The molecular formula is C20H21N3O3S. The standard InChI is InChI=1S/C20H21N3O3S/c1-13(2)22-20(25)21-11-14-7-9-15(10-8-14)19(24)26-12-18-23-16-5-3-4-6-17(16)27-18/h3-10,13H,11-12H2,1-2H3,(H2,21,22,25). The van der Waals surface area contributed by atoms with Crippen LogP contribution in [0.25, 0.3) is 10.2 Å². The Bertz CT molecular complexity index is 902. The van der Waals surface area contributed by atoms with Crippen LogP contribution in [0, 0.1) is 0 Å². The molecule has 0 aliphatic carbocycles. The lowest BCUT2D eigenvalue weighted by Gasteiger charge is -2.10. The number of para-hydroxylation sites is 1. The van der Waals surface area contributed by atoms with Gasteiger partial charge in [-0.15, -0.1) is 11.3 Å². The molecule has 140 valence electrons. The second-order valence-corrected chi connectivity index (χ2v) is 7.45. The largest absolute Gasteiger partial charge is 0.455 e. The normalized spacial score (nSPS) is 10.8. The van der Waals surface area contributed by atoms with Gasteiger partial charge in [0.1, 0.15) is 11.6 Å². The van der Waals surface area contributed by atoms with Crippen LogP contribution in [0.3, 0.4) is 0 Å². The van der Waals surface area contributed by atoms with E-state index in [2.05, 4.69) is 15.6 Å². The van der Waals surface area contributed by atoms with E-state index in [-0.39, 0.29) is 18.7 Å². The van der Waals surface area contributed by atoms with Crippen molar-refractivity contribution in [3.63, 3.8) is 0 Å². The average molecular weight is 383 g/mol. The predicted molar refractivity (Wildman–Crippen MR) is 106 cm³/mol. The smallest absolute Gasteiger partial charge is 0.338 e. The molecule has 27 heavy (non-hydrogen) atoms. The molecule has 1 aromatic heterocycles. The molecular weight excluding hydrogens is 362 g/mol. The number of fused-ring (bicyclic) bond motifs is 1. The van der Waals surface area contributed by atoms with Crippen LogP contribution in [0.4, 0.5) is 4.79 Å². The highest BCUT2D eigenvalue weighted by atomic mass is 32.1. The molecule has 0 spiro atoms. The Labute approximate surface area is 161 Å². The Hall–Kier alpha value is -2.93. The molecule has 0 saturated carbocycles. The van der Waals surface area contributed by atoms with Gasteiger partial charge < -0.3 is 15.4 Å². The fourth-order valence-electron chi connectivity index (χ4n) is 2.45. The van der Waals surface area contributed by atoms with E-state index in [0.29, 0.717) is 12.1 Å². The Balaban J connectivity index is 1.52. The molecule has 0 unspecified atom stereocenters. The molecule has 3 rings (SSSR count). The van der Waals surface area contributed by atoms with Crippen molar-refractivity contribution < 1.29 is 14.3 Å². The van der Waals surface area contributed by atoms with E-state index < -0.39 is 5.97 Å². The highest BCUT2D eigenvalue weighted by molar-refractivity contribution is 7.18. The first-order valence-corrected chi connectivity index (χ1v) is 9.48. The molecule has 0 aliphatic heterocycles. The van der Waals surface area contributed by atoms with E-state index >= 15 is 0 Å². The van der Waals surface area contributed by atoms with Crippen molar-refractivity contribution in [1.82, 2.24) is 15.6 Å². The molecule has 0 atom stereocenters. The summed E-state index contributed by atoms with van der Waals surface area (Å²) in [4.78, 5) is 28.2. The Morgan fingerprint density at radius 2 is 1.85 bits per heavy atom. The van der Waals surface area contributed by atoms with Crippen LogP contribution >= 0.6 is 11.3 Å². The maximum absolute atomic E-state index is 12.2. The molecule has 0 bridgehead atoms. The van der Waals surface area contributed by atoms with Crippen LogP contribution in [0.5, 0.6) is 0 Å². The SMILES string of the molecule is CC(C)NC(=O)NCc1ccc(C(=O)OCc2nc3ccccc3s2)cc1. The lowest BCUT2D eigenvalue weighted by molar-refractivity contribution is 0.0472. The Kier molecular flexibility index (Phi) is 6.03. The van der Waals surface area contributed by atoms with Crippen LogP contribution in [0.2, 0.25) is 0 Å². The van der Waals surface area contributed by atoms with Crippen molar-refractivity contribution in [2.75, 3.05) is 0 Å². The third-order valence-electron chi connectivity index (χ3n) is 3.73. The first-order chi connectivity index (χ1) is 13.0. The Morgan fingerprint density at radius 1 is 1.11 bits per heavy atom. The lowest BCUT2D eigenvalue weighted by Crippen LogP contribution is -2.39. The number of esters is 1. The predicted octanol–water partition coefficient (Wildman–Crippen LogP) is 3.86. The van der Waals surface area contributed by atoms with Gasteiger partial charge in [-0.25, -0.2) is 14.6 Å². The van der Waals surface area contributed by atoms with Crippen molar-refractivity contribution in [2.24, 2.45) is 0 Å². The summed E-state index contributed by atoms with van der Waals surface area (Å²) in [6.45, 7) is 4.33. The van der Waals surface area contributed by atoms with Gasteiger partial charge >= 0.3 is 12.0 Å². The number of amides is 2. The minimum absolute atomic E-state index is 0.0811. The van der Waals surface area contributed by atoms with E-state index in [4.69, 9.17) is 4.74 Å². The number of urea groups is 1. The number of rotatable bonds is 6. The third kappa shape index (κ3) is 5.27. The monoisotopic (exact) mass is 383 g/mol. The maximum Gasteiger partial charge on any atom is 0.338 e. The fourth-order valence-corrected chi connectivity index (χ4v) is 3.33. The fraction of sp³-hybridized carbons (Fsp3) is 0.250. The van der Waals surface area contributed by atoms with Crippen molar-refractivity contribution in [1.29, 1.82) is 0 Å². The summed E-state index contributed by atoms with van der Waals surface area (Å²) in [6, 6.07) is 14.7. The number of ether oxygens (including phenoxy) is 1. The van der Waals surface area contributed by atoms with Gasteiger partial charge in [0.2, 0.25) is 0 Å². The van der Waals surface area contributed by atoms with Crippen LogP contribution in [0.1, 0.15) is 34.8 Å². The molecule has 0 fully saturated rings. The molecule has 2 aromatic carbocycles. The molecule has 0 radical (unpaired) electrons. The number of hydrogen-bond donors (Lipinski definition) is 2. The van der Waals surface area contributed by atoms with E-state index in [1.54, 1.807) is 24.3 Å². The zero-order chi connectivity index (χ0) is 19.2. The second-order valence-electron chi connectivity index (χ2n) is 6.33. The quantitative estimate of drug-likeness (QED) is 0.634. The molecule has 2 N–H and O–H groups in total. The topological polar surface area (TPSA) is 80.3 Å². The third-order valence-corrected chi connectivity index (χ3v) is 4.74. The minimum Gasteiger partial charge on any atom is -0.455 e. The van der Waals surface area contributed by atoms with Gasteiger partial charge in [-0.05, 0) is 43.7 Å². The van der Waals surface area contributed by atoms with E-state index in [9.17, 15) is 9.59 Å². The summed E-state index contributed by atoms with van der Waals surface area (Å²) < 4.78 is 6.43. The number of carbonyl (C=O) groups excluding carboxylic acids is 2. The summed E-state index contributed by atoms with van der Waals surface area (Å²) >= 11 is 1.52. The highest BCUT2D eigenvalue weighted by Gasteiger charge is 2.10. The summed E-state index contributed by atoms with van der Waals surface area (Å²) in [5.74, 6) is -0.397. The number of thiazole rings is 1. The summed E-state index contributed by atoms with van der Waals surface area (Å²) in [5, 5.41) is 6.29. The summed E-state index contributed by atoms with van der Waals surface area (Å²) in [7, 11) is 0. The summed E-state index contributed by atoms with van der Waals surface area (Å²) in [6.07, 6.45) is 0. The molecule has 0 saturated heterocycles. The number of hydrogen-bond acceptors (Lipinski definition) is 5. The van der Waals surface area contributed by atoms with Crippen molar-refractivity contribution in [3.8, 4) is 0 Å². The van der Waals surface area contributed by atoms with Gasteiger partial charge in [0, 0.05) is 12.6 Å². The lowest BCUT2D eigenvalue weighted by atomic mass is 10.1. The highest BCUT2D eigenvalue weighted by Crippen LogP contribution is 2.22. The van der Waals surface area contributed by atoms with Gasteiger partial charge in [-0.2, -0.15) is 0 Å². The number of aromatic nitrogens is 1. The average Bonchev–Trinajstić information content (AvgIpc) is 3.07. The maximum atomic E-state index is 12.2. The molecule has 6 nitrogen and oxygen atoms in total. The van der Waals surface area contributed by atoms with Gasteiger partial charge in [-0.1, -0.05) is 24.3 Å².